The quantitative estimate of drug-likeness (QED) is 0.583. The fourth-order valence-electron chi connectivity index (χ4n) is 3.61. The smallest absolute Gasteiger partial charge is 0.253 e. The number of nitrogens with one attached hydrogen (secondary N) is 1. The third kappa shape index (κ3) is 3.10. The zero-order valence-electron chi connectivity index (χ0n) is 15.9. The van der Waals surface area contributed by atoms with Crippen LogP contribution in [0, 0.1) is 0 Å². The molecule has 0 spiro atoms. The van der Waals surface area contributed by atoms with Crippen LogP contribution in [0.4, 0.5) is 0 Å². The maximum Gasteiger partial charge on any atom is 0.253 e. The molecule has 2 heterocycles. The largest absolute Gasteiger partial charge is 0.352 e. The first-order chi connectivity index (χ1) is 13.1. The number of aryl methyl sites for hydroxylation is 1. The molecule has 5 nitrogen and oxygen atoms in total. The molecule has 0 aliphatic heterocycles. The van der Waals surface area contributed by atoms with Crippen molar-refractivity contribution in [2.45, 2.75) is 26.3 Å². The van der Waals surface area contributed by atoms with E-state index in [9.17, 15) is 4.79 Å². The van der Waals surface area contributed by atoms with E-state index in [4.69, 9.17) is 0 Å². The molecular weight excluding hydrogens is 336 g/mol. The molecule has 0 saturated carbocycles. The SMILES string of the molecule is CC(C)n1cc(C(=O)NCCc2nc3ccccc3n2C)c2ccccc21. The maximum absolute atomic E-state index is 12.8. The number of hydrogen-bond acceptors (Lipinski definition) is 2. The molecule has 0 unspecified atom stereocenters. The summed E-state index contributed by atoms with van der Waals surface area (Å²) in [5.41, 5.74) is 3.91. The summed E-state index contributed by atoms with van der Waals surface area (Å²) in [6, 6.07) is 16.4. The maximum atomic E-state index is 12.8. The van der Waals surface area contributed by atoms with Gasteiger partial charge >= 0.3 is 0 Å². The minimum atomic E-state index is -0.0376. The number of carbonyl (C=O) groups excluding carboxylic acids is 1. The van der Waals surface area contributed by atoms with Crippen molar-refractivity contribution in [3.8, 4) is 0 Å². The highest BCUT2D eigenvalue weighted by molar-refractivity contribution is 6.07. The van der Waals surface area contributed by atoms with Crippen molar-refractivity contribution in [1.82, 2.24) is 19.4 Å². The fraction of sp³-hybridized carbons (Fsp3) is 0.273. The highest BCUT2D eigenvalue weighted by Crippen LogP contribution is 2.24. The molecule has 4 rings (SSSR count). The minimum Gasteiger partial charge on any atom is -0.352 e. The van der Waals surface area contributed by atoms with E-state index in [1.165, 1.54) is 0 Å². The van der Waals surface area contributed by atoms with Crippen molar-refractivity contribution < 1.29 is 4.79 Å². The number of hydrogen-bond donors (Lipinski definition) is 1. The van der Waals surface area contributed by atoms with Crippen molar-refractivity contribution in [1.29, 1.82) is 0 Å². The summed E-state index contributed by atoms with van der Waals surface area (Å²) < 4.78 is 4.24. The average Bonchev–Trinajstić information content (AvgIpc) is 3.21. The molecule has 2 aromatic heterocycles. The Balaban J connectivity index is 1.51. The second-order valence-corrected chi connectivity index (χ2v) is 7.14. The van der Waals surface area contributed by atoms with Gasteiger partial charge < -0.3 is 14.5 Å². The van der Waals surface area contributed by atoms with E-state index in [2.05, 4.69) is 45.4 Å². The van der Waals surface area contributed by atoms with Gasteiger partial charge in [-0.25, -0.2) is 4.98 Å². The van der Waals surface area contributed by atoms with Gasteiger partial charge in [-0.1, -0.05) is 30.3 Å². The van der Waals surface area contributed by atoms with E-state index >= 15 is 0 Å². The second kappa shape index (κ2) is 6.91. The molecule has 0 aliphatic rings. The molecule has 0 bridgehead atoms. The van der Waals surface area contributed by atoms with Crippen molar-refractivity contribution in [3.05, 3.63) is 66.1 Å². The highest BCUT2D eigenvalue weighted by atomic mass is 16.1. The van der Waals surface area contributed by atoms with Crippen molar-refractivity contribution >= 4 is 27.8 Å². The number of imidazole rings is 1. The third-order valence-electron chi connectivity index (χ3n) is 5.06. The number of amides is 1. The van der Waals surface area contributed by atoms with Crippen LogP contribution in [0.1, 0.15) is 36.1 Å². The Morgan fingerprint density at radius 1 is 1.07 bits per heavy atom. The molecule has 138 valence electrons. The number of aromatic nitrogens is 3. The number of para-hydroxylation sites is 3. The zero-order chi connectivity index (χ0) is 19.0. The van der Waals surface area contributed by atoms with Gasteiger partial charge in [0.25, 0.3) is 5.91 Å². The number of nitrogens with zero attached hydrogens (tertiary/aromatic N) is 3. The van der Waals surface area contributed by atoms with Crippen molar-refractivity contribution in [3.63, 3.8) is 0 Å². The van der Waals surface area contributed by atoms with Gasteiger partial charge in [0.1, 0.15) is 5.82 Å². The van der Waals surface area contributed by atoms with E-state index in [0.717, 1.165) is 33.3 Å². The Labute approximate surface area is 158 Å². The molecule has 5 heteroatoms. The van der Waals surface area contributed by atoms with Crippen LogP contribution in [0.5, 0.6) is 0 Å². The number of fused-ring (bicyclic) bond motifs is 2. The molecule has 0 atom stereocenters. The van der Waals surface area contributed by atoms with Crippen LogP contribution >= 0.6 is 0 Å². The van der Waals surface area contributed by atoms with Crippen LogP contribution in [0.25, 0.3) is 21.9 Å². The normalized spacial score (nSPS) is 11.6. The van der Waals surface area contributed by atoms with Gasteiger partial charge in [0, 0.05) is 43.2 Å². The molecular formula is C22H24N4O. The van der Waals surface area contributed by atoms with Gasteiger partial charge in [-0.3, -0.25) is 4.79 Å². The summed E-state index contributed by atoms with van der Waals surface area (Å²) in [5.74, 6) is 0.936. The van der Waals surface area contributed by atoms with Gasteiger partial charge in [-0.2, -0.15) is 0 Å². The van der Waals surface area contributed by atoms with Crippen LogP contribution in [0.2, 0.25) is 0 Å². The number of benzene rings is 2. The first kappa shape index (κ1) is 17.3. The average molecular weight is 360 g/mol. The molecule has 0 radical (unpaired) electrons. The lowest BCUT2D eigenvalue weighted by atomic mass is 10.1. The summed E-state index contributed by atoms with van der Waals surface area (Å²) in [5, 5.41) is 4.05. The number of rotatable bonds is 5. The van der Waals surface area contributed by atoms with Crippen molar-refractivity contribution in [2.75, 3.05) is 6.54 Å². The van der Waals surface area contributed by atoms with Gasteiger partial charge in [0.2, 0.25) is 0 Å². The molecule has 1 amide bonds. The second-order valence-electron chi connectivity index (χ2n) is 7.14. The first-order valence-electron chi connectivity index (χ1n) is 9.34. The monoisotopic (exact) mass is 360 g/mol. The summed E-state index contributed by atoms with van der Waals surface area (Å²) >= 11 is 0. The Morgan fingerprint density at radius 3 is 2.52 bits per heavy atom. The van der Waals surface area contributed by atoms with Crippen LogP contribution in [0.15, 0.2) is 54.7 Å². The third-order valence-corrected chi connectivity index (χ3v) is 5.06. The van der Waals surface area contributed by atoms with Gasteiger partial charge in [0.05, 0.1) is 16.6 Å². The van der Waals surface area contributed by atoms with E-state index in [1.807, 2.05) is 49.6 Å². The zero-order valence-corrected chi connectivity index (χ0v) is 15.9. The van der Waals surface area contributed by atoms with Gasteiger partial charge in [0.15, 0.2) is 0 Å². The Bertz CT molecular complexity index is 1120. The molecule has 0 saturated heterocycles. The molecule has 1 N–H and O–H groups in total. The van der Waals surface area contributed by atoms with Crippen LogP contribution in [0.3, 0.4) is 0 Å². The van der Waals surface area contributed by atoms with E-state index < -0.39 is 0 Å². The van der Waals surface area contributed by atoms with Crippen LogP contribution < -0.4 is 5.32 Å². The van der Waals surface area contributed by atoms with Crippen LogP contribution in [-0.2, 0) is 13.5 Å². The van der Waals surface area contributed by atoms with Crippen molar-refractivity contribution in [2.24, 2.45) is 7.05 Å². The van der Waals surface area contributed by atoms with Crippen LogP contribution in [-0.4, -0.2) is 26.6 Å². The topological polar surface area (TPSA) is 51.9 Å². The number of carbonyl (C=O) groups is 1. The molecule has 2 aromatic carbocycles. The van der Waals surface area contributed by atoms with E-state index in [1.54, 1.807) is 0 Å². The molecule has 0 aliphatic carbocycles. The Morgan fingerprint density at radius 2 is 1.78 bits per heavy atom. The summed E-state index contributed by atoms with van der Waals surface area (Å²) in [6.45, 7) is 4.80. The minimum absolute atomic E-state index is 0.0376. The molecule has 27 heavy (non-hydrogen) atoms. The Kier molecular flexibility index (Phi) is 4.44. The molecule has 4 aromatic rings. The highest BCUT2D eigenvalue weighted by Gasteiger charge is 2.16. The predicted molar refractivity (Wildman–Crippen MR) is 109 cm³/mol. The fourth-order valence-corrected chi connectivity index (χ4v) is 3.61. The summed E-state index contributed by atoms with van der Waals surface area (Å²) in [6.07, 6.45) is 2.65. The van der Waals surface area contributed by atoms with E-state index in [-0.39, 0.29) is 5.91 Å². The van der Waals surface area contributed by atoms with Gasteiger partial charge in [-0.15, -0.1) is 0 Å². The summed E-state index contributed by atoms with van der Waals surface area (Å²) in [7, 11) is 2.02. The summed E-state index contributed by atoms with van der Waals surface area (Å²) in [4.78, 5) is 17.5. The molecule has 0 fully saturated rings. The first-order valence-corrected chi connectivity index (χ1v) is 9.34. The Hall–Kier alpha value is -3.08. The lowest BCUT2D eigenvalue weighted by molar-refractivity contribution is 0.0955. The van der Waals surface area contributed by atoms with Gasteiger partial charge in [-0.05, 0) is 32.0 Å². The standard InChI is InChI=1S/C22H24N4O/c1-15(2)26-14-17(16-8-4-6-10-19(16)26)22(27)23-13-12-21-24-18-9-5-7-11-20(18)25(21)3/h4-11,14-15H,12-13H2,1-3H3,(H,23,27). The predicted octanol–water partition coefficient (Wildman–Crippen LogP) is 4.08. The lowest BCUT2D eigenvalue weighted by Gasteiger charge is -2.08. The lowest BCUT2D eigenvalue weighted by Crippen LogP contribution is -2.26. The van der Waals surface area contributed by atoms with E-state index in [0.29, 0.717) is 19.0 Å².